The molecule has 0 N–H and O–H groups in total. The maximum atomic E-state index is 12.0. The fourth-order valence-electron chi connectivity index (χ4n) is 2.06. The monoisotopic (exact) mass is 288 g/mol. The van der Waals surface area contributed by atoms with E-state index < -0.39 is 10.2 Å². The summed E-state index contributed by atoms with van der Waals surface area (Å²) in [7, 11) is -0.179. The summed E-state index contributed by atoms with van der Waals surface area (Å²) in [6.07, 6.45) is 0. The van der Waals surface area contributed by atoms with E-state index in [1.165, 1.54) is 8.61 Å². The van der Waals surface area contributed by atoms with E-state index in [1.807, 2.05) is 13.0 Å². The largest absolute Gasteiger partial charge is 0.360 e. The number of nitrogens with zero attached hydrogens (tertiary/aromatic N) is 4. The van der Waals surface area contributed by atoms with Gasteiger partial charge in [-0.05, 0) is 6.92 Å². The first-order valence-electron chi connectivity index (χ1n) is 6.22. The number of aromatic nitrogens is 1. The van der Waals surface area contributed by atoms with Crippen LogP contribution in [0.15, 0.2) is 10.6 Å². The van der Waals surface area contributed by atoms with Gasteiger partial charge in [0, 0.05) is 46.3 Å². The van der Waals surface area contributed by atoms with Crippen molar-refractivity contribution in [1.29, 1.82) is 0 Å². The molecule has 0 saturated carbocycles. The van der Waals surface area contributed by atoms with Crippen molar-refractivity contribution in [1.82, 2.24) is 18.7 Å². The number of rotatable bonds is 4. The minimum absolute atomic E-state index is 0.508. The van der Waals surface area contributed by atoms with Crippen LogP contribution in [0.2, 0.25) is 0 Å². The topological polar surface area (TPSA) is 69.9 Å². The molecule has 2 heterocycles. The molecule has 1 saturated heterocycles. The predicted molar refractivity (Wildman–Crippen MR) is 70.7 cm³/mol. The Balaban J connectivity index is 1.89. The van der Waals surface area contributed by atoms with Crippen LogP contribution >= 0.6 is 0 Å². The summed E-state index contributed by atoms with van der Waals surface area (Å²) >= 11 is 0. The van der Waals surface area contributed by atoms with E-state index in [-0.39, 0.29) is 0 Å². The normalized spacial score (nSPS) is 19.2. The van der Waals surface area contributed by atoms with Crippen LogP contribution in [0.4, 0.5) is 0 Å². The Morgan fingerprint density at radius 1 is 1.32 bits per heavy atom. The molecular formula is C11H20N4O3S. The van der Waals surface area contributed by atoms with Crippen molar-refractivity contribution >= 4 is 10.2 Å². The van der Waals surface area contributed by atoms with Crippen molar-refractivity contribution in [3.63, 3.8) is 0 Å². The second kappa shape index (κ2) is 5.58. The molecule has 0 spiro atoms. The van der Waals surface area contributed by atoms with E-state index in [0.717, 1.165) is 11.5 Å². The van der Waals surface area contributed by atoms with Gasteiger partial charge in [0.1, 0.15) is 0 Å². The predicted octanol–water partition coefficient (Wildman–Crippen LogP) is -0.0930. The summed E-state index contributed by atoms with van der Waals surface area (Å²) in [4.78, 5) is 2.17. The highest BCUT2D eigenvalue weighted by molar-refractivity contribution is 7.86. The zero-order chi connectivity index (χ0) is 14.0. The lowest BCUT2D eigenvalue weighted by molar-refractivity contribution is 0.162. The number of hydrogen-bond donors (Lipinski definition) is 0. The van der Waals surface area contributed by atoms with Crippen molar-refractivity contribution in [3.05, 3.63) is 17.5 Å². The highest BCUT2D eigenvalue weighted by atomic mass is 32.2. The molecule has 1 fully saturated rings. The minimum Gasteiger partial charge on any atom is -0.360 e. The molecule has 0 radical (unpaired) electrons. The average molecular weight is 288 g/mol. The van der Waals surface area contributed by atoms with E-state index >= 15 is 0 Å². The van der Waals surface area contributed by atoms with Crippen molar-refractivity contribution in [2.75, 3.05) is 40.3 Å². The minimum atomic E-state index is -3.29. The molecule has 0 amide bonds. The summed E-state index contributed by atoms with van der Waals surface area (Å²) in [5, 5.41) is 3.84. The molecule has 2 rings (SSSR count). The van der Waals surface area contributed by atoms with E-state index in [0.29, 0.717) is 32.7 Å². The number of aryl methyl sites for hydroxylation is 1. The van der Waals surface area contributed by atoms with E-state index in [1.54, 1.807) is 14.1 Å². The zero-order valence-corrected chi connectivity index (χ0v) is 12.4. The van der Waals surface area contributed by atoms with Crippen LogP contribution in [0.5, 0.6) is 0 Å². The third-order valence-electron chi connectivity index (χ3n) is 3.18. The second-order valence-corrected chi connectivity index (χ2v) is 7.04. The molecular weight excluding hydrogens is 268 g/mol. The van der Waals surface area contributed by atoms with Gasteiger partial charge in [0.2, 0.25) is 0 Å². The summed E-state index contributed by atoms with van der Waals surface area (Å²) in [6.45, 7) is 4.98. The molecule has 108 valence electrons. The lowest BCUT2D eigenvalue weighted by Gasteiger charge is -2.34. The van der Waals surface area contributed by atoms with Crippen molar-refractivity contribution in [3.8, 4) is 0 Å². The molecule has 1 aromatic heterocycles. The Labute approximate surface area is 113 Å². The molecule has 0 bridgehead atoms. The van der Waals surface area contributed by atoms with Crippen LogP contribution in [0.25, 0.3) is 0 Å². The molecule has 1 aliphatic rings. The maximum absolute atomic E-state index is 12.0. The summed E-state index contributed by atoms with van der Waals surface area (Å²) in [5.41, 5.74) is 0.865. The van der Waals surface area contributed by atoms with Crippen LogP contribution in [0.1, 0.15) is 11.5 Å². The van der Waals surface area contributed by atoms with Crippen molar-refractivity contribution in [2.45, 2.75) is 13.5 Å². The summed E-state index contributed by atoms with van der Waals surface area (Å²) in [5.74, 6) is 0.821. The lowest BCUT2D eigenvalue weighted by Crippen LogP contribution is -2.51. The van der Waals surface area contributed by atoms with Crippen molar-refractivity contribution < 1.29 is 12.9 Å². The first kappa shape index (κ1) is 14.4. The molecule has 0 aliphatic carbocycles. The Hall–Kier alpha value is -0.960. The van der Waals surface area contributed by atoms with Crippen molar-refractivity contribution in [2.24, 2.45) is 0 Å². The molecule has 8 heteroatoms. The zero-order valence-electron chi connectivity index (χ0n) is 11.5. The fraction of sp³-hybridized carbons (Fsp3) is 0.727. The Morgan fingerprint density at radius 2 is 1.95 bits per heavy atom. The van der Waals surface area contributed by atoms with Gasteiger partial charge in [-0.25, -0.2) is 0 Å². The van der Waals surface area contributed by atoms with Crippen LogP contribution in [-0.2, 0) is 16.8 Å². The number of hydrogen-bond acceptors (Lipinski definition) is 5. The van der Waals surface area contributed by atoms with Crippen LogP contribution < -0.4 is 0 Å². The molecule has 19 heavy (non-hydrogen) atoms. The molecule has 0 unspecified atom stereocenters. The fourth-order valence-corrected chi connectivity index (χ4v) is 3.15. The highest BCUT2D eigenvalue weighted by Gasteiger charge is 2.28. The molecule has 1 aliphatic heterocycles. The Bertz CT molecular complexity index is 518. The third-order valence-corrected chi connectivity index (χ3v) is 5.12. The maximum Gasteiger partial charge on any atom is 0.281 e. The lowest BCUT2D eigenvalue weighted by atomic mass is 10.3. The standard InChI is InChI=1S/C11H20N4O3S/c1-10-8-11(18-12-10)9-14-4-6-15(7-5-14)19(16,17)13(2)3/h8H,4-7,9H2,1-3H3. The quantitative estimate of drug-likeness (QED) is 0.774. The van der Waals surface area contributed by atoms with Crippen LogP contribution in [-0.4, -0.2) is 67.4 Å². The molecule has 0 atom stereocenters. The molecule has 7 nitrogen and oxygen atoms in total. The smallest absolute Gasteiger partial charge is 0.281 e. The van der Waals surface area contributed by atoms with Gasteiger partial charge in [-0.2, -0.15) is 17.0 Å². The van der Waals surface area contributed by atoms with Gasteiger partial charge >= 0.3 is 0 Å². The molecule has 0 aromatic carbocycles. The van der Waals surface area contributed by atoms with E-state index in [4.69, 9.17) is 4.52 Å². The van der Waals surface area contributed by atoms with Crippen LogP contribution in [0, 0.1) is 6.92 Å². The third kappa shape index (κ3) is 3.33. The van der Waals surface area contributed by atoms with Gasteiger partial charge in [-0.1, -0.05) is 5.16 Å². The second-order valence-electron chi connectivity index (χ2n) is 4.90. The Kier molecular flexibility index (Phi) is 4.24. The summed E-state index contributed by atoms with van der Waals surface area (Å²) < 4.78 is 31.8. The SMILES string of the molecule is Cc1cc(CN2CCN(S(=O)(=O)N(C)C)CC2)on1. The number of piperazine rings is 1. The summed E-state index contributed by atoms with van der Waals surface area (Å²) in [6, 6.07) is 1.91. The van der Waals surface area contributed by atoms with E-state index in [9.17, 15) is 8.42 Å². The molecule has 1 aromatic rings. The Morgan fingerprint density at radius 3 is 2.42 bits per heavy atom. The average Bonchev–Trinajstić information content (AvgIpc) is 2.75. The van der Waals surface area contributed by atoms with Gasteiger partial charge in [0.05, 0.1) is 12.2 Å². The van der Waals surface area contributed by atoms with E-state index in [2.05, 4.69) is 10.1 Å². The first-order valence-corrected chi connectivity index (χ1v) is 7.61. The van der Waals surface area contributed by atoms with Gasteiger partial charge < -0.3 is 4.52 Å². The first-order chi connectivity index (χ1) is 8.89. The van der Waals surface area contributed by atoms with Gasteiger partial charge in [0.25, 0.3) is 10.2 Å². The van der Waals surface area contributed by atoms with Gasteiger partial charge in [0.15, 0.2) is 5.76 Å². The highest BCUT2D eigenvalue weighted by Crippen LogP contribution is 2.13. The van der Waals surface area contributed by atoms with Gasteiger partial charge in [-0.15, -0.1) is 0 Å². The van der Waals surface area contributed by atoms with Crippen LogP contribution in [0.3, 0.4) is 0 Å². The van der Waals surface area contributed by atoms with Gasteiger partial charge in [-0.3, -0.25) is 4.90 Å².